The summed E-state index contributed by atoms with van der Waals surface area (Å²) in [6, 6.07) is 20.4. The van der Waals surface area contributed by atoms with Crippen molar-refractivity contribution in [2.75, 3.05) is 33.0 Å². The van der Waals surface area contributed by atoms with Crippen LogP contribution in [-0.2, 0) is 38.3 Å². The Hall–Kier alpha value is -4.20. The van der Waals surface area contributed by atoms with Gasteiger partial charge in [-0.25, -0.2) is 9.59 Å². The molecule has 310 valence electrons. The largest absolute Gasteiger partial charge is 0.493 e. The quantitative estimate of drug-likeness (QED) is 0.0530. The van der Waals surface area contributed by atoms with Crippen molar-refractivity contribution in [2.24, 2.45) is 11.8 Å². The summed E-state index contributed by atoms with van der Waals surface area (Å²) < 4.78 is 17.3. The molecule has 7 heteroatoms. The Balaban J connectivity index is 1.62. The molecule has 0 atom stereocenters. The number of rotatable bonds is 24. The van der Waals surface area contributed by atoms with E-state index in [-0.39, 0.29) is 32.3 Å². The lowest BCUT2D eigenvalue weighted by molar-refractivity contribution is -0.139. The van der Waals surface area contributed by atoms with Crippen LogP contribution in [0.25, 0.3) is 22.3 Å². The Bertz CT molecular complexity index is 1690. The molecule has 0 aromatic heterocycles. The molecule has 7 nitrogen and oxygen atoms in total. The highest BCUT2D eigenvalue weighted by Gasteiger charge is 2.22. The smallest absolute Gasteiger partial charge is 0.333 e. The van der Waals surface area contributed by atoms with Gasteiger partial charge < -0.3 is 24.4 Å². The van der Waals surface area contributed by atoms with Crippen molar-refractivity contribution in [2.45, 2.75) is 124 Å². The van der Waals surface area contributed by atoms with Crippen molar-refractivity contribution < 1.29 is 34.0 Å². The molecule has 3 aromatic carbocycles. The van der Waals surface area contributed by atoms with Crippen molar-refractivity contribution in [3.8, 4) is 28.0 Å². The van der Waals surface area contributed by atoms with Crippen LogP contribution in [0.3, 0.4) is 0 Å². The first-order chi connectivity index (χ1) is 27.6. The van der Waals surface area contributed by atoms with Gasteiger partial charge in [0.1, 0.15) is 5.75 Å². The van der Waals surface area contributed by atoms with Gasteiger partial charge in [0.2, 0.25) is 0 Å². The van der Waals surface area contributed by atoms with Crippen LogP contribution < -0.4 is 4.74 Å². The van der Waals surface area contributed by atoms with Gasteiger partial charge in [-0.15, -0.1) is 0 Å². The molecule has 2 N–H and O–H groups in total. The second kappa shape index (κ2) is 23.9. The molecular weight excluding hydrogens is 713 g/mol. The zero-order valence-corrected chi connectivity index (χ0v) is 35.2. The van der Waals surface area contributed by atoms with E-state index in [9.17, 15) is 19.8 Å². The fraction of sp³-hybridized carbons (Fsp3) is 0.520. The van der Waals surface area contributed by atoms with Gasteiger partial charge in [-0.3, -0.25) is 0 Å². The summed E-state index contributed by atoms with van der Waals surface area (Å²) in [5, 5.41) is 19.4. The van der Waals surface area contributed by atoms with Gasteiger partial charge in [0.05, 0.1) is 19.8 Å². The van der Waals surface area contributed by atoms with E-state index in [4.69, 9.17) is 14.2 Å². The lowest BCUT2D eigenvalue weighted by atomic mass is 9.77. The highest BCUT2D eigenvalue weighted by molar-refractivity contribution is 5.87. The number of aliphatic hydroxyl groups excluding tert-OH is 2. The summed E-state index contributed by atoms with van der Waals surface area (Å²) in [6.45, 7) is 15.7. The maximum absolute atomic E-state index is 12.1. The molecule has 1 aliphatic carbocycles. The van der Waals surface area contributed by atoms with Crippen LogP contribution in [0, 0.1) is 11.8 Å². The summed E-state index contributed by atoms with van der Waals surface area (Å²) in [6.07, 6.45) is 14.4. The van der Waals surface area contributed by atoms with E-state index >= 15 is 0 Å². The first-order valence-electron chi connectivity index (χ1n) is 21.5. The summed E-state index contributed by atoms with van der Waals surface area (Å²) in [5.74, 6) is 1.21. The Morgan fingerprint density at radius 1 is 0.702 bits per heavy atom. The summed E-state index contributed by atoms with van der Waals surface area (Å²) in [4.78, 5) is 24.2. The molecule has 0 heterocycles. The van der Waals surface area contributed by atoms with Crippen molar-refractivity contribution >= 4 is 11.9 Å². The Morgan fingerprint density at radius 3 is 1.79 bits per heavy atom. The highest BCUT2D eigenvalue weighted by atomic mass is 16.5. The van der Waals surface area contributed by atoms with Crippen LogP contribution in [0.1, 0.15) is 126 Å². The average Bonchev–Trinajstić information content (AvgIpc) is 3.23. The third-order valence-electron chi connectivity index (χ3n) is 11.5. The number of aryl methyl sites for hydroxylation is 3. The zero-order valence-electron chi connectivity index (χ0n) is 35.2. The first-order valence-corrected chi connectivity index (χ1v) is 21.5. The Kier molecular flexibility index (Phi) is 19.1. The minimum absolute atomic E-state index is 0.124. The third-order valence-corrected chi connectivity index (χ3v) is 11.5. The van der Waals surface area contributed by atoms with Crippen molar-refractivity contribution in [1.29, 1.82) is 0 Å². The normalized spacial score (nSPS) is 15.4. The minimum Gasteiger partial charge on any atom is -0.493 e. The Labute approximate surface area is 342 Å². The van der Waals surface area contributed by atoms with Gasteiger partial charge in [-0.05, 0) is 147 Å². The van der Waals surface area contributed by atoms with Gasteiger partial charge in [0, 0.05) is 30.3 Å². The van der Waals surface area contributed by atoms with Crippen LogP contribution in [0.15, 0.2) is 78.9 Å². The fourth-order valence-electron chi connectivity index (χ4n) is 7.90. The van der Waals surface area contributed by atoms with E-state index in [2.05, 4.69) is 81.6 Å². The zero-order chi connectivity index (χ0) is 41.2. The van der Waals surface area contributed by atoms with Crippen LogP contribution in [0.5, 0.6) is 5.75 Å². The molecule has 4 rings (SSSR count). The van der Waals surface area contributed by atoms with Gasteiger partial charge in [0.15, 0.2) is 0 Å². The summed E-state index contributed by atoms with van der Waals surface area (Å²) >= 11 is 0. The average molecular weight is 781 g/mol. The van der Waals surface area contributed by atoms with Gasteiger partial charge in [-0.2, -0.15) is 0 Å². The monoisotopic (exact) mass is 780 g/mol. The summed E-state index contributed by atoms with van der Waals surface area (Å²) in [7, 11) is 0. The van der Waals surface area contributed by atoms with Crippen molar-refractivity contribution in [3.05, 3.63) is 101 Å². The molecule has 1 saturated carbocycles. The van der Waals surface area contributed by atoms with E-state index in [1.165, 1.54) is 73.6 Å². The topological polar surface area (TPSA) is 102 Å². The molecule has 0 radical (unpaired) electrons. The van der Waals surface area contributed by atoms with Crippen LogP contribution in [0.4, 0.5) is 0 Å². The second-order valence-corrected chi connectivity index (χ2v) is 16.1. The molecule has 1 aliphatic rings. The molecule has 57 heavy (non-hydrogen) atoms. The summed E-state index contributed by atoms with van der Waals surface area (Å²) in [5.41, 5.74) is 10.0. The minimum atomic E-state index is -0.410. The lowest BCUT2D eigenvalue weighted by Crippen LogP contribution is -2.16. The van der Waals surface area contributed by atoms with Crippen molar-refractivity contribution in [3.63, 3.8) is 0 Å². The molecular formula is C50H68O7. The van der Waals surface area contributed by atoms with Crippen molar-refractivity contribution in [1.82, 2.24) is 0 Å². The first kappa shape index (κ1) is 45.5. The number of hydrogen-bond acceptors (Lipinski definition) is 7. The molecule has 0 spiro atoms. The predicted molar refractivity (Wildman–Crippen MR) is 231 cm³/mol. The van der Waals surface area contributed by atoms with Crippen LogP contribution >= 0.6 is 0 Å². The Morgan fingerprint density at radius 2 is 1.26 bits per heavy atom. The number of esters is 2. The number of carbonyl (C=O) groups excluding carboxylic acids is 2. The predicted octanol–water partition coefficient (Wildman–Crippen LogP) is 10.9. The van der Waals surface area contributed by atoms with Crippen LogP contribution in [-0.4, -0.2) is 55.2 Å². The number of benzene rings is 3. The maximum Gasteiger partial charge on any atom is 0.333 e. The molecule has 0 saturated heterocycles. The standard InChI is InChI=1S/C50H68O7/c1-7-9-10-13-37-16-18-40(19-17-37)41-20-22-42(23-21-41)43-24-25-47(39(8-2)30-43)46-31-44(14-11-27-56-49(53)35(3)4)48(55-29-26-38(33-51)34-52)45(32-46)15-12-28-57-50(54)36(5)6/h20-25,30-32,37-38,40,51-52H,3,5,7-19,26-29,33-34H2,1-2,4,6H3. The molecule has 3 aromatic rings. The molecule has 0 amide bonds. The van der Waals surface area contributed by atoms with E-state index < -0.39 is 11.9 Å². The number of unbranched alkanes of at least 4 members (excludes halogenated alkanes) is 2. The number of hydrogen-bond donors (Lipinski definition) is 2. The van der Waals surface area contributed by atoms with E-state index in [1.54, 1.807) is 13.8 Å². The van der Waals surface area contributed by atoms with E-state index in [1.807, 2.05) is 0 Å². The van der Waals surface area contributed by atoms with Gasteiger partial charge >= 0.3 is 11.9 Å². The van der Waals surface area contributed by atoms with Crippen LogP contribution in [0.2, 0.25) is 0 Å². The highest BCUT2D eigenvalue weighted by Crippen LogP contribution is 2.40. The van der Waals surface area contributed by atoms with Gasteiger partial charge in [0.25, 0.3) is 0 Å². The molecule has 0 bridgehead atoms. The fourth-order valence-corrected chi connectivity index (χ4v) is 7.90. The van der Waals surface area contributed by atoms with E-state index in [0.29, 0.717) is 55.8 Å². The molecule has 1 fully saturated rings. The van der Waals surface area contributed by atoms with E-state index in [0.717, 1.165) is 40.3 Å². The second-order valence-electron chi connectivity index (χ2n) is 16.1. The maximum atomic E-state index is 12.1. The number of carbonyl (C=O) groups is 2. The molecule has 0 unspecified atom stereocenters. The SMILES string of the molecule is C=C(C)C(=O)OCCCc1cc(-c2ccc(-c3ccc(C4CCC(CCCCC)CC4)cc3)cc2CC)cc(CCCOC(=O)C(=C)C)c1OCCC(CO)CO. The lowest BCUT2D eigenvalue weighted by Gasteiger charge is -2.29. The number of aliphatic hydroxyl groups is 2. The number of ether oxygens (including phenoxy) is 3. The molecule has 0 aliphatic heterocycles. The van der Waals surface area contributed by atoms with Gasteiger partial charge in [-0.1, -0.05) is 95.2 Å². The third kappa shape index (κ3) is 14.0.